The number of aromatic nitrogens is 4. The number of hydrogen-bond acceptors (Lipinski definition) is 7. The molecule has 4 aromatic rings. The van der Waals surface area contributed by atoms with Crippen LogP contribution in [0.25, 0.3) is 16.9 Å². The summed E-state index contributed by atoms with van der Waals surface area (Å²) in [5.74, 6) is 0.375. The Morgan fingerprint density at radius 1 is 1.03 bits per heavy atom. The standard InChI is InChI=1S/C28H29N7O2/c1-27(2,3)37-26(36)34-28(4,5)21-8-6-19(7-9-21)24-20(16-29)17-31-25(33-24)32-22-10-12-23(13-11-22)35-15-14-30-18-35/h6-15,17-18H,1-5H3,(H,34,36)(H,31,32,33). The van der Waals surface area contributed by atoms with E-state index in [1.54, 1.807) is 12.5 Å². The van der Waals surface area contributed by atoms with E-state index in [4.69, 9.17) is 4.74 Å². The molecule has 0 spiro atoms. The number of imidazole rings is 1. The molecule has 0 aliphatic rings. The normalized spacial score (nSPS) is 11.5. The fourth-order valence-electron chi connectivity index (χ4n) is 3.68. The molecular formula is C28H29N7O2. The minimum absolute atomic E-state index is 0.361. The minimum atomic E-state index is -0.666. The van der Waals surface area contributed by atoms with E-state index in [0.717, 1.165) is 22.5 Å². The maximum absolute atomic E-state index is 12.3. The summed E-state index contributed by atoms with van der Waals surface area (Å²) in [6.07, 6.45) is 6.35. The third-order valence-corrected chi connectivity index (χ3v) is 5.53. The van der Waals surface area contributed by atoms with E-state index < -0.39 is 17.2 Å². The van der Waals surface area contributed by atoms with Gasteiger partial charge in [-0.3, -0.25) is 0 Å². The Balaban J connectivity index is 1.53. The van der Waals surface area contributed by atoms with Crippen LogP contribution < -0.4 is 10.6 Å². The number of nitrogens with zero attached hydrogens (tertiary/aromatic N) is 5. The second-order valence-corrected chi connectivity index (χ2v) is 10.0. The average Bonchev–Trinajstić information content (AvgIpc) is 3.38. The largest absolute Gasteiger partial charge is 0.444 e. The Morgan fingerprint density at radius 2 is 1.73 bits per heavy atom. The molecule has 0 bridgehead atoms. The first kappa shape index (κ1) is 25.4. The number of benzene rings is 2. The van der Waals surface area contributed by atoms with Crippen molar-refractivity contribution in [2.45, 2.75) is 45.8 Å². The van der Waals surface area contributed by atoms with Gasteiger partial charge in [-0.05, 0) is 64.4 Å². The lowest BCUT2D eigenvalue weighted by atomic mass is 9.93. The van der Waals surface area contributed by atoms with Gasteiger partial charge in [-0.15, -0.1) is 0 Å². The highest BCUT2D eigenvalue weighted by molar-refractivity contribution is 5.70. The summed E-state index contributed by atoms with van der Waals surface area (Å²) in [6.45, 7) is 9.27. The predicted molar refractivity (Wildman–Crippen MR) is 141 cm³/mol. The van der Waals surface area contributed by atoms with Gasteiger partial charge in [-0.25, -0.2) is 19.7 Å². The number of nitrogens with one attached hydrogen (secondary N) is 2. The number of ether oxygens (including phenoxy) is 1. The topological polar surface area (TPSA) is 118 Å². The molecular weight excluding hydrogens is 466 g/mol. The van der Waals surface area contributed by atoms with Gasteiger partial charge in [0.25, 0.3) is 0 Å². The number of nitriles is 1. The van der Waals surface area contributed by atoms with Crippen LogP contribution >= 0.6 is 0 Å². The molecule has 0 aliphatic heterocycles. The van der Waals surface area contributed by atoms with Gasteiger partial charge in [0.2, 0.25) is 5.95 Å². The first-order valence-electron chi connectivity index (χ1n) is 11.8. The number of carbonyl (C=O) groups is 1. The van der Waals surface area contributed by atoms with Crippen LogP contribution in [0.5, 0.6) is 0 Å². The zero-order valence-corrected chi connectivity index (χ0v) is 21.5. The monoisotopic (exact) mass is 495 g/mol. The SMILES string of the molecule is CC(C)(C)OC(=O)NC(C)(C)c1ccc(-c2nc(Nc3ccc(-n4ccnc4)cc3)ncc2C#N)cc1. The van der Waals surface area contributed by atoms with E-state index in [9.17, 15) is 10.1 Å². The Morgan fingerprint density at radius 3 is 2.32 bits per heavy atom. The van der Waals surface area contributed by atoms with Crippen molar-refractivity contribution >= 4 is 17.7 Å². The lowest BCUT2D eigenvalue weighted by Crippen LogP contribution is -2.43. The number of carbonyl (C=O) groups excluding carboxylic acids is 1. The molecule has 2 heterocycles. The van der Waals surface area contributed by atoms with Gasteiger partial charge in [0.05, 0.1) is 29.3 Å². The van der Waals surface area contributed by atoms with Crippen LogP contribution in [0.4, 0.5) is 16.4 Å². The van der Waals surface area contributed by atoms with Crippen LogP contribution in [-0.4, -0.2) is 31.2 Å². The van der Waals surface area contributed by atoms with Crippen LogP contribution in [0, 0.1) is 11.3 Å². The van der Waals surface area contributed by atoms with Gasteiger partial charge in [0.15, 0.2) is 0 Å². The van der Waals surface area contributed by atoms with E-state index in [1.165, 1.54) is 6.20 Å². The van der Waals surface area contributed by atoms with Crippen LogP contribution in [0.15, 0.2) is 73.4 Å². The van der Waals surface area contributed by atoms with Crippen molar-refractivity contribution in [1.29, 1.82) is 5.26 Å². The zero-order valence-electron chi connectivity index (χ0n) is 21.5. The van der Waals surface area contributed by atoms with Crippen molar-refractivity contribution in [1.82, 2.24) is 24.8 Å². The Bertz CT molecular complexity index is 1410. The molecule has 37 heavy (non-hydrogen) atoms. The summed E-state index contributed by atoms with van der Waals surface area (Å²) in [4.78, 5) is 25.3. The number of amides is 1. The van der Waals surface area contributed by atoms with Crippen LogP contribution in [-0.2, 0) is 10.3 Å². The van der Waals surface area contributed by atoms with Crippen molar-refractivity contribution in [2.75, 3.05) is 5.32 Å². The van der Waals surface area contributed by atoms with Crippen LogP contribution in [0.1, 0.15) is 45.7 Å². The lowest BCUT2D eigenvalue weighted by Gasteiger charge is -2.29. The van der Waals surface area contributed by atoms with Crippen molar-refractivity contribution in [2.24, 2.45) is 0 Å². The molecule has 0 unspecified atom stereocenters. The van der Waals surface area contributed by atoms with Crippen LogP contribution in [0.3, 0.4) is 0 Å². The number of alkyl carbamates (subject to hydrolysis) is 1. The maximum Gasteiger partial charge on any atom is 0.408 e. The molecule has 4 rings (SSSR count). The molecule has 0 fully saturated rings. The first-order chi connectivity index (χ1) is 17.5. The Labute approximate surface area is 216 Å². The molecule has 2 aromatic carbocycles. The molecule has 2 aromatic heterocycles. The first-order valence-corrected chi connectivity index (χ1v) is 11.8. The van der Waals surface area contributed by atoms with Gasteiger partial charge in [-0.1, -0.05) is 24.3 Å². The number of rotatable bonds is 6. The highest BCUT2D eigenvalue weighted by Gasteiger charge is 2.26. The summed E-state index contributed by atoms with van der Waals surface area (Å²) in [6, 6.07) is 17.5. The fourth-order valence-corrected chi connectivity index (χ4v) is 3.68. The van der Waals surface area contributed by atoms with Gasteiger partial charge in [0.1, 0.15) is 11.7 Å². The van der Waals surface area contributed by atoms with E-state index >= 15 is 0 Å². The van der Waals surface area contributed by atoms with Gasteiger partial charge >= 0.3 is 6.09 Å². The molecule has 9 nitrogen and oxygen atoms in total. The Hall–Kier alpha value is -4.71. The molecule has 0 saturated heterocycles. The molecule has 0 saturated carbocycles. The van der Waals surface area contributed by atoms with E-state index in [1.807, 2.05) is 93.9 Å². The van der Waals surface area contributed by atoms with Crippen molar-refractivity contribution in [3.63, 3.8) is 0 Å². The summed E-state index contributed by atoms with van der Waals surface area (Å²) < 4.78 is 7.30. The van der Waals surface area contributed by atoms with E-state index in [0.29, 0.717) is 17.2 Å². The number of hydrogen-bond donors (Lipinski definition) is 2. The predicted octanol–water partition coefficient (Wildman–Crippen LogP) is 5.70. The lowest BCUT2D eigenvalue weighted by molar-refractivity contribution is 0.0470. The second-order valence-electron chi connectivity index (χ2n) is 10.0. The summed E-state index contributed by atoms with van der Waals surface area (Å²) in [5, 5.41) is 15.7. The van der Waals surface area contributed by atoms with Gasteiger partial charge in [0, 0.05) is 29.3 Å². The van der Waals surface area contributed by atoms with E-state index in [-0.39, 0.29) is 0 Å². The minimum Gasteiger partial charge on any atom is -0.444 e. The molecule has 0 radical (unpaired) electrons. The molecule has 1 amide bonds. The number of anilines is 2. The molecule has 0 aliphatic carbocycles. The van der Waals surface area contributed by atoms with Crippen molar-refractivity contribution in [3.05, 3.63) is 84.6 Å². The molecule has 2 N–H and O–H groups in total. The zero-order chi connectivity index (χ0) is 26.6. The molecule has 9 heteroatoms. The van der Waals surface area contributed by atoms with E-state index in [2.05, 4.69) is 31.7 Å². The summed E-state index contributed by atoms with van der Waals surface area (Å²) in [7, 11) is 0. The summed E-state index contributed by atoms with van der Waals surface area (Å²) in [5.41, 5.74) is 3.05. The second kappa shape index (κ2) is 10.1. The molecule has 0 atom stereocenters. The van der Waals surface area contributed by atoms with Crippen LogP contribution in [0.2, 0.25) is 0 Å². The quantitative estimate of drug-likeness (QED) is 0.352. The Kier molecular flexibility index (Phi) is 6.94. The highest BCUT2D eigenvalue weighted by atomic mass is 16.6. The highest BCUT2D eigenvalue weighted by Crippen LogP contribution is 2.27. The maximum atomic E-state index is 12.3. The van der Waals surface area contributed by atoms with Gasteiger partial charge < -0.3 is 19.9 Å². The summed E-state index contributed by atoms with van der Waals surface area (Å²) >= 11 is 0. The molecule has 188 valence electrons. The van der Waals surface area contributed by atoms with Crippen molar-refractivity contribution in [3.8, 4) is 23.0 Å². The average molecular weight is 496 g/mol. The van der Waals surface area contributed by atoms with Crippen molar-refractivity contribution < 1.29 is 9.53 Å². The fraction of sp³-hybridized carbons (Fsp3) is 0.250. The van der Waals surface area contributed by atoms with Gasteiger partial charge in [-0.2, -0.15) is 5.26 Å². The third kappa shape index (κ3) is 6.30. The smallest absolute Gasteiger partial charge is 0.408 e. The third-order valence-electron chi connectivity index (χ3n) is 5.53.